The van der Waals surface area contributed by atoms with E-state index in [9.17, 15) is 5.11 Å². The maximum Gasteiger partial charge on any atom is 0.128 e. The molecule has 5 rings (SSSR count). The Balaban J connectivity index is 1.66. The Morgan fingerprint density at radius 1 is 0.900 bits per heavy atom. The van der Waals surface area contributed by atoms with E-state index in [0.717, 1.165) is 33.5 Å². The third-order valence-corrected chi connectivity index (χ3v) is 5.68. The molecule has 2 heterocycles. The zero-order valence-electron chi connectivity index (χ0n) is 17.2. The van der Waals surface area contributed by atoms with Crippen LogP contribution in [0.5, 0.6) is 5.75 Å². The smallest absolute Gasteiger partial charge is 0.128 e. The first kappa shape index (κ1) is 18.7. The fourth-order valence-corrected chi connectivity index (χ4v) is 4.35. The molecule has 1 aliphatic heterocycles. The van der Waals surface area contributed by atoms with Crippen molar-refractivity contribution in [2.75, 3.05) is 0 Å². The van der Waals surface area contributed by atoms with Gasteiger partial charge in [0.2, 0.25) is 0 Å². The third-order valence-electron chi connectivity index (χ3n) is 5.68. The van der Waals surface area contributed by atoms with Gasteiger partial charge in [-0.25, -0.2) is 0 Å². The van der Waals surface area contributed by atoms with E-state index >= 15 is 0 Å². The molecule has 1 atom stereocenters. The van der Waals surface area contributed by atoms with Crippen LogP contribution >= 0.6 is 0 Å². The maximum absolute atomic E-state index is 11.6. The molecule has 3 heteroatoms. The number of nitrogens with zero attached hydrogens (tertiary/aromatic N) is 1. The molecule has 0 spiro atoms. The molecule has 0 amide bonds. The SMILES string of the molecule is CC1(C)C=C(C(O)c2cc3ccccc3n2Cc2ccccc2)c2ccccc2O1. The number of aromatic nitrogens is 1. The van der Waals surface area contributed by atoms with Crippen LogP contribution in [0.2, 0.25) is 0 Å². The number of aliphatic hydroxyl groups excluding tert-OH is 1. The van der Waals surface area contributed by atoms with E-state index in [1.807, 2.05) is 62.4 Å². The number of benzene rings is 3. The minimum Gasteiger partial charge on any atom is -0.483 e. The van der Waals surface area contributed by atoms with Gasteiger partial charge in [0.15, 0.2) is 0 Å². The molecule has 0 saturated carbocycles. The van der Waals surface area contributed by atoms with Crippen molar-refractivity contribution in [2.45, 2.75) is 32.1 Å². The van der Waals surface area contributed by atoms with E-state index in [-0.39, 0.29) is 0 Å². The van der Waals surface area contributed by atoms with Crippen molar-refractivity contribution in [1.82, 2.24) is 4.57 Å². The molecule has 1 aromatic heterocycles. The summed E-state index contributed by atoms with van der Waals surface area (Å²) in [5.41, 5.74) is 4.56. The van der Waals surface area contributed by atoms with Crippen LogP contribution in [-0.4, -0.2) is 15.3 Å². The lowest BCUT2D eigenvalue weighted by Crippen LogP contribution is -2.30. The quantitative estimate of drug-likeness (QED) is 0.461. The molecule has 0 bridgehead atoms. The van der Waals surface area contributed by atoms with E-state index in [4.69, 9.17) is 4.74 Å². The van der Waals surface area contributed by atoms with Crippen LogP contribution in [0.1, 0.15) is 36.8 Å². The van der Waals surface area contributed by atoms with E-state index in [1.165, 1.54) is 5.56 Å². The van der Waals surface area contributed by atoms with Gasteiger partial charge in [-0.05, 0) is 54.6 Å². The molecule has 3 nitrogen and oxygen atoms in total. The molecule has 30 heavy (non-hydrogen) atoms. The average Bonchev–Trinajstić information content (AvgIpc) is 3.11. The number of aliphatic hydroxyl groups is 1. The van der Waals surface area contributed by atoms with Crippen LogP contribution in [0.15, 0.2) is 91.0 Å². The number of fused-ring (bicyclic) bond motifs is 2. The first-order valence-electron chi connectivity index (χ1n) is 10.3. The van der Waals surface area contributed by atoms with Gasteiger partial charge in [0.25, 0.3) is 0 Å². The highest BCUT2D eigenvalue weighted by atomic mass is 16.5. The Morgan fingerprint density at radius 3 is 2.43 bits per heavy atom. The van der Waals surface area contributed by atoms with Gasteiger partial charge in [0.05, 0.1) is 5.69 Å². The zero-order chi connectivity index (χ0) is 20.7. The topological polar surface area (TPSA) is 34.4 Å². The van der Waals surface area contributed by atoms with Gasteiger partial charge in [-0.1, -0.05) is 66.7 Å². The van der Waals surface area contributed by atoms with Gasteiger partial charge in [-0.2, -0.15) is 0 Å². The van der Waals surface area contributed by atoms with E-state index in [1.54, 1.807) is 0 Å². The first-order valence-corrected chi connectivity index (χ1v) is 10.3. The number of para-hydroxylation sites is 2. The highest BCUT2D eigenvalue weighted by Gasteiger charge is 2.31. The molecule has 0 aliphatic carbocycles. The Hall–Kier alpha value is -3.30. The minimum atomic E-state index is -0.759. The molecule has 1 N–H and O–H groups in total. The summed E-state index contributed by atoms with van der Waals surface area (Å²) in [4.78, 5) is 0. The van der Waals surface area contributed by atoms with Crippen LogP contribution in [0.4, 0.5) is 0 Å². The maximum atomic E-state index is 11.6. The fraction of sp³-hybridized carbons (Fsp3) is 0.185. The summed E-state index contributed by atoms with van der Waals surface area (Å²) < 4.78 is 8.35. The van der Waals surface area contributed by atoms with Crippen LogP contribution in [0.25, 0.3) is 16.5 Å². The highest BCUT2D eigenvalue weighted by Crippen LogP contribution is 2.42. The van der Waals surface area contributed by atoms with Crippen molar-refractivity contribution in [3.63, 3.8) is 0 Å². The van der Waals surface area contributed by atoms with E-state index < -0.39 is 11.7 Å². The molecule has 4 aromatic rings. The molecule has 0 radical (unpaired) electrons. The second-order valence-electron chi connectivity index (χ2n) is 8.40. The average molecular weight is 396 g/mol. The first-order chi connectivity index (χ1) is 14.5. The highest BCUT2D eigenvalue weighted by molar-refractivity contribution is 5.84. The molecule has 0 fully saturated rings. The summed E-state index contributed by atoms with van der Waals surface area (Å²) >= 11 is 0. The molecule has 0 saturated heterocycles. The lowest BCUT2D eigenvalue weighted by molar-refractivity contribution is 0.152. The van der Waals surface area contributed by atoms with Crippen molar-refractivity contribution in [3.8, 4) is 5.75 Å². The Morgan fingerprint density at radius 2 is 1.60 bits per heavy atom. The van der Waals surface area contributed by atoms with Gasteiger partial charge in [-0.3, -0.25) is 0 Å². The van der Waals surface area contributed by atoms with Gasteiger partial charge >= 0.3 is 0 Å². The lowest BCUT2D eigenvalue weighted by atomic mass is 9.90. The second-order valence-corrected chi connectivity index (χ2v) is 8.40. The summed E-state index contributed by atoms with van der Waals surface area (Å²) in [6, 6.07) is 28.7. The van der Waals surface area contributed by atoms with E-state index in [2.05, 4.69) is 47.0 Å². The van der Waals surface area contributed by atoms with Crippen LogP contribution in [0.3, 0.4) is 0 Å². The monoisotopic (exact) mass is 395 g/mol. The molecule has 3 aromatic carbocycles. The Bertz CT molecular complexity index is 1230. The molecular formula is C27H25NO2. The van der Waals surface area contributed by atoms with Crippen LogP contribution in [0, 0.1) is 0 Å². The zero-order valence-corrected chi connectivity index (χ0v) is 17.2. The molecule has 150 valence electrons. The van der Waals surface area contributed by atoms with Crippen molar-refractivity contribution in [2.24, 2.45) is 0 Å². The fourth-order valence-electron chi connectivity index (χ4n) is 4.35. The Labute approximate surface area is 176 Å². The number of hydrogen-bond acceptors (Lipinski definition) is 2. The predicted molar refractivity (Wildman–Crippen MR) is 122 cm³/mol. The standard InChI is InChI=1S/C27H25NO2/c1-27(2)17-22(21-13-7-9-15-25(21)30-27)26(29)24-16-20-12-6-8-14-23(20)28(24)18-19-10-4-3-5-11-19/h3-17,26,29H,18H2,1-2H3. The predicted octanol–water partition coefficient (Wildman–Crippen LogP) is 5.98. The van der Waals surface area contributed by atoms with Gasteiger partial charge in [0, 0.05) is 17.6 Å². The summed E-state index contributed by atoms with van der Waals surface area (Å²) in [7, 11) is 0. The minimum absolute atomic E-state index is 0.485. The van der Waals surface area contributed by atoms with Crippen molar-refractivity contribution >= 4 is 16.5 Å². The summed E-state index contributed by atoms with van der Waals surface area (Å²) in [5, 5.41) is 12.8. The molecule has 1 unspecified atom stereocenters. The summed E-state index contributed by atoms with van der Waals surface area (Å²) in [6.45, 7) is 4.75. The third kappa shape index (κ3) is 3.31. The lowest BCUT2D eigenvalue weighted by Gasteiger charge is -2.33. The largest absolute Gasteiger partial charge is 0.483 e. The summed E-state index contributed by atoms with van der Waals surface area (Å²) in [5.74, 6) is 0.810. The van der Waals surface area contributed by atoms with Crippen molar-refractivity contribution in [3.05, 3.63) is 108 Å². The number of hydrogen-bond donors (Lipinski definition) is 1. The number of rotatable bonds is 4. The van der Waals surface area contributed by atoms with Gasteiger partial charge in [-0.15, -0.1) is 0 Å². The second kappa shape index (κ2) is 7.19. The molecular weight excluding hydrogens is 370 g/mol. The molecule has 1 aliphatic rings. The van der Waals surface area contributed by atoms with E-state index in [0.29, 0.717) is 6.54 Å². The van der Waals surface area contributed by atoms with Crippen LogP contribution < -0.4 is 4.74 Å². The normalized spacial score (nSPS) is 15.9. The van der Waals surface area contributed by atoms with Gasteiger partial charge < -0.3 is 14.4 Å². The van der Waals surface area contributed by atoms with Gasteiger partial charge in [0.1, 0.15) is 17.5 Å². The Kier molecular flexibility index (Phi) is 4.48. The summed E-state index contributed by atoms with van der Waals surface area (Å²) in [6.07, 6.45) is 1.29. The van der Waals surface area contributed by atoms with Crippen molar-refractivity contribution < 1.29 is 9.84 Å². The van der Waals surface area contributed by atoms with Crippen LogP contribution in [-0.2, 0) is 6.54 Å². The number of ether oxygens (including phenoxy) is 1. The van der Waals surface area contributed by atoms with Crippen molar-refractivity contribution in [1.29, 1.82) is 0 Å².